The Kier molecular flexibility index (Phi) is 4.13. The van der Waals surface area contributed by atoms with Crippen LogP contribution in [-0.2, 0) is 25.9 Å². The summed E-state index contributed by atoms with van der Waals surface area (Å²) in [6.07, 6.45) is 3.42. The Morgan fingerprint density at radius 1 is 1.29 bits per heavy atom. The fourth-order valence-corrected chi connectivity index (χ4v) is 3.19. The molecule has 1 heterocycles. The zero-order valence-corrected chi connectivity index (χ0v) is 13.0. The van der Waals surface area contributed by atoms with Crippen molar-refractivity contribution in [2.75, 3.05) is 11.9 Å². The van der Waals surface area contributed by atoms with Gasteiger partial charge in [-0.05, 0) is 48.6 Å². The molecule has 0 saturated carbocycles. The van der Waals surface area contributed by atoms with E-state index in [4.69, 9.17) is 22.3 Å². The first-order valence-electron chi connectivity index (χ1n) is 7.34. The molecule has 1 aromatic carbocycles. The lowest BCUT2D eigenvalue weighted by atomic mass is 10.1. The highest BCUT2D eigenvalue weighted by Gasteiger charge is 2.18. The highest BCUT2D eigenvalue weighted by molar-refractivity contribution is 6.30. The number of hydrogen-bond acceptors (Lipinski definition) is 3. The van der Waals surface area contributed by atoms with E-state index >= 15 is 0 Å². The number of anilines is 1. The van der Waals surface area contributed by atoms with Crippen molar-refractivity contribution < 1.29 is 0 Å². The van der Waals surface area contributed by atoms with Gasteiger partial charge in [0.25, 0.3) is 0 Å². The summed E-state index contributed by atoms with van der Waals surface area (Å²) in [6.45, 7) is 1.30. The smallest absolute Gasteiger partial charge is 0.133 e. The van der Waals surface area contributed by atoms with Crippen molar-refractivity contribution >= 4 is 17.4 Å². The fraction of sp³-hybridized carbons (Fsp3) is 0.353. The molecule has 2 N–H and O–H groups in total. The van der Waals surface area contributed by atoms with Crippen molar-refractivity contribution in [2.45, 2.75) is 32.4 Å². The summed E-state index contributed by atoms with van der Waals surface area (Å²) in [4.78, 5) is 7.01. The molecule has 21 heavy (non-hydrogen) atoms. The van der Waals surface area contributed by atoms with E-state index in [9.17, 15) is 0 Å². The van der Waals surface area contributed by atoms with Crippen molar-refractivity contribution in [2.24, 2.45) is 5.73 Å². The molecule has 2 aromatic rings. The zero-order valence-electron chi connectivity index (χ0n) is 12.3. The molecular weight excluding hydrogens is 282 g/mol. The van der Waals surface area contributed by atoms with E-state index in [1.807, 2.05) is 18.2 Å². The number of nitrogens with zero attached hydrogens (tertiary/aromatic N) is 2. The Hall–Kier alpha value is -1.58. The lowest BCUT2D eigenvalue weighted by Crippen LogP contribution is -2.21. The van der Waals surface area contributed by atoms with Crippen molar-refractivity contribution in [3.05, 3.63) is 57.7 Å². The van der Waals surface area contributed by atoms with Crippen LogP contribution in [0.4, 0.5) is 5.82 Å². The second-order valence-corrected chi connectivity index (χ2v) is 6.06. The minimum absolute atomic E-state index is 0.523. The molecule has 0 amide bonds. The topological polar surface area (TPSA) is 42.2 Å². The summed E-state index contributed by atoms with van der Waals surface area (Å²) in [5, 5.41) is 0.766. The lowest BCUT2D eigenvalue weighted by Gasteiger charge is -2.22. The quantitative estimate of drug-likeness (QED) is 0.942. The van der Waals surface area contributed by atoms with Gasteiger partial charge in [0, 0.05) is 36.4 Å². The summed E-state index contributed by atoms with van der Waals surface area (Å²) >= 11 is 6.06. The van der Waals surface area contributed by atoms with Gasteiger partial charge in [0.05, 0.1) is 0 Å². The highest BCUT2D eigenvalue weighted by atomic mass is 35.5. The number of fused-ring (bicyclic) bond motifs is 1. The molecule has 1 aliphatic rings. The first kappa shape index (κ1) is 14.4. The number of halogens is 1. The SMILES string of the molecule is CN(Cc1cccc(Cl)c1)c1nc2c(cc1CN)CCC2. The van der Waals surface area contributed by atoms with Crippen LogP contribution in [0.1, 0.15) is 28.8 Å². The van der Waals surface area contributed by atoms with Gasteiger partial charge in [-0.15, -0.1) is 0 Å². The van der Waals surface area contributed by atoms with Gasteiger partial charge < -0.3 is 10.6 Å². The van der Waals surface area contributed by atoms with E-state index in [-0.39, 0.29) is 0 Å². The Labute approximate surface area is 130 Å². The van der Waals surface area contributed by atoms with Gasteiger partial charge >= 0.3 is 0 Å². The van der Waals surface area contributed by atoms with Crippen LogP contribution in [-0.4, -0.2) is 12.0 Å². The molecule has 0 spiro atoms. The summed E-state index contributed by atoms with van der Waals surface area (Å²) < 4.78 is 0. The monoisotopic (exact) mass is 301 g/mol. The van der Waals surface area contributed by atoms with Gasteiger partial charge in [0.2, 0.25) is 0 Å². The Balaban J connectivity index is 1.88. The number of pyridine rings is 1. The predicted molar refractivity (Wildman–Crippen MR) is 87.7 cm³/mol. The summed E-state index contributed by atoms with van der Waals surface area (Å²) in [5.74, 6) is 0.998. The fourth-order valence-electron chi connectivity index (χ4n) is 2.97. The van der Waals surface area contributed by atoms with Crippen LogP contribution in [0.15, 0.2) is 30.3 Å². The van der Waals surface area contributed by atoms with Gasteiger partial charge in [-0.2, -0.15) is 0 Å². The van der Waals surface area contributed by atoms with Crippen molar-refractivity contribution in [1.82, 2.24) is 4.98 Å². The van der Waals surface area contributed by atoms with Gasteiger partial charge in [-0.25, -0.2) is 4.98 Å². The second kappa shape index (κ2) is 6.04. The maximum absolute atomic E-state index is 6.06. The number of hydrogen-bond donors (Lipinski definition) is 1. The number of rotatable bonds is 4. The molecule has 0 unspecified atom stereocenters. The summed E-state index contributed by atoms with van der Waals surface area (Å²) in [7, 11) is 2.06. The molecule has 0 bridgehead atoms. The third kappa shape index (κ3) is 3.04. The van der Waals surface area contributed by atoms with Gasteiger partial charge in [0.15, 0.2) is 0 Å². The number of aromatic nitrogens is 1. The molecule has 3 rings (SSSR count). The third-order valence-electron chi connectivity index (χ3n) is 4.00. The normalized spacial score (nSPS) is 13.3. The van der Waals surface area contributed by atoms with Crippen molar-refractivity contribution in [3.8, 4) is 0 Å². The maximum atomic E-state index is 6.06. The van der Waals surface area contributed by atoms with Gasteiger partial charge in [-0.3, -0.25) is 0 Å². The molecule has 0 aliphatic heterocycles. The van der Waals surface area contributed by atoms with E-state index in [1.165, 1.54) is 23.2 Å². The first-order valence-corrected chi connectivity index (χ1v) is 7.72. The van der Waals surface area contributed by atoms with E-state index in [2.05, 4.69) is 24.1 Å². The minimum atomic E-state index is 0.523. The molecule has 1 aliphatic carbocycles. The van der Waals surface area contributed by atoms with Crippen LogP contribution in [0.3, 0.4) is 0 Å². The van der Waals surface area contributed by atoms with Crippen LogP contribution < -0.4 is 10.6 Å². The number of aryl methyl sites for hydroxylation is 2. The first-order chi connectivity index (χ1) is 10.2. The lowest BCUT2D eigenvalue weighted by molar-refractivity contribution is 0.859. The van der Waals surface area contributed by atoms with Crippen LogP contribution >= 0.6 is 11.6 Å². The third-order valence-corrected chi connectivity index (χ3v) is 4.23. The highest BCUT2D eigenvalue weighted by Crippen LogP contribution is 2.27. The molecule has 0 atom stereocenters. The average molecular weight is 302 g/mol. The predicted octanol–water partition coefficient (Wildman–Crippen LogP) is 3.32. The molecule has 3 nitrogen and oxygen atoms in total. The number of benzene rings is 1. The van der Waals surface area contributed by atoms with Crippen LogP contribution in [0.25, 0.3) is 0 Å². The summed E-state index contributed by atoms with van der Waals surface area (Å²) in [5.41, 5.74) is 10.8. The molecule has 110 valence electrons. The van der Waals surface area contributed by atoms with Crippen LogP contribution in [0.2, 0.25) is 5.02 Å². The molecule has 0 fully saturated rings. The van der Waals surface area contributed by atoms with Gasteiger partial charge in [0.1, 0.15) is 5.82 Å². The van der Waals surface area contributed by atoms with Gasteiger partial charge in [-0.1, -0.05) is 23.7 Å². The second-order valence-electron chi connectivity index (χ2n) is 5.62. The maximum Gasteiger partial charge on any atom is 0.133 e. The Morgan fingerprint density at radius 3 is 2.90 bits per heavy atom. The number of nitrogens with two attached hydrogens (primary N) is 1. The van der Waals surface area contributed by atoms with E-state index in [0.717, 1.165) is 35.8 Å². The standard InChI is InChI=1S/C17H20ClN3/c1-21(11-12-4-2-6-15(18)8-12)17-14(10-19)9-13-5-3-7-16(13)20-17/h2,4,6,8-9H,3,5,7,10-11,19H2,1H3. The summed E-state index contributed by atoms with van der Waals surface area (Å²) in [6, 6.07) is 10.2. The molecule has 0 saturated heterocycles. The largest absolute Gasteiger partial charge is 0.355 e. The molecule has 1 aromatic heterocycles. The molecule has 4 heteroatoms. The van der Waals surface area contributed by atoms with E-state index < -0.39 is 0 Å². The van der Waals surface area contributed by atoms with Crippen molar-refractivity contribution in [1.29, 1.82) is 0 Å². The Morgan fingerprint density at radius 2 is 2.14 bits per heavy atom. The Bertz CT molecular complexity index is 654. The van der Waals surface area contributed by atoms with E-state index in [0.29, 0.717) is 6.54 Å². The zero-order chi connectivity index (χ0) is 14.8. The average Bonchev–Trinajstić information content (AvgIpc) is 2.93. The van der Waals surface area contributed by atoms with Crippen LogP contribution in [0, 0.1) is 0 Å². The van der Waals surface area contributed by atoms with E-state index in [1.54, 1.807) is 0 Å². The van der Waals surface area contributed by atoms with Crippen LogP contribution in [0.5, 0.6) is 0 Å². The molecule has 0 radical (unpaired) electrons. The van der Waals surface area contributed by atoms with Crippen molar-refractivity contribution in [3.63, 3.8) is 0 Å². The molecular formula is C17H20ClN3. The minimum Gasteiger partial charge on any atom is -0.355 e.